The summed E-state index contributed by atoms with van der Waals surface area (Å²) in [6.45, 7) is 1.63. The summed E-state index contributed by atoms with van der Waals surface area (Å²) in [5.41, 5.74) is 0.504. The molecular weight excluding hydrogens is 350 g/mol. The van der Waals surface area contributed by atoms with Gasteiger partial charge in [-0.1, -0.05) is 0 Å². The van der Waals surface area contributed by atoms with E-state index in [1.54, 1.807) is 49.4 Å². The van der Waals surface area contributed by atoms with Crippen LogP contribution in [0, 0.1) is 0 Å². The fourth-order valence-corrected chi connectivity index (χ4v) is 2.53. The van der Waals surface area contributed by atoms with Gasteiger partial charge in [0.1, 0.15) is 11.3 Å². The molecule has 0 fully saturated rings. The molecule has 0 spiro atoms. The average molecular weight is 369 g/mol. The standard InChI is InChI=1S/C20H19NO6/c1-12(20(23)21-14-6-8-16(24-2)18(10-14)25-3)26-15-7-4-13-5-9-19(22)27-17(13)11-15/h4-12H,1-3H3,(H,21,23). The second-order valence-electron chi connectivity index (χ2n) is 5.77. The summed E-state index contributed by atoms with van der Waals surface area (Å²) < 4.78 is 21.2. The van der Waals surface area contributed by atoms with E-state index in [-0.39, 0.29) is 5.91 Å². The number of benzene rings is 2. The Morgan fingerprint density at radius 3 is 2.48 bits per heavy atom. The Hall–Kier alpha value is -3.48. The molecule has 0 saturated heterocycles. The molecule has 3 aromatic rings. The van der Waals surface area contributed by atoms with Crippen molar-refractivity contribution >= 4 is 22.6 Å². The predicted octanol–water partition coefficient (Wildman–Crippen LogP) is 3.22. The van der Waals surface area contributed by atoms with Gasteiger partial charge in [0.15, 0.2) is 17.6 Å². The smallest absolute Gasteiger partial charge is 0.336 e. The third-order valence-corrected chi connectivity index (χ3v) is 3.93. The van der Waals surface area contributed by atoms with Gasteiger partial charge < -0.3 is 23.9 Å². The normalized spacial score (nSPS) is 11.7. The number of fused-ring (bicyclic) bond motifs is 1. The summed E-state index contributed by atoms with van der Waals surface area (Å²) >= 11 is 0. The zero-order chi connectivity index (χ0) is 19.4. The highest BCUT2D eigenvalue weighted by molar-refractivity contribution is 5.94. The van der Waals surface area contributed by atoms with Crippen LogP contribution in [-0.4, -0.2) is 26.2 Å². The van der Waals surface area contributed by atoms with Crippen molar-refractivity contribution in [2.24, 2.45) is 0 Å². The second kappa shape index (κ2) is 7.82. The number of ether oxygens (including phenoxy) is 3. The van der Waals surface area contributed by atoms with Gasteiger partial charge in [0, 0.05) is 29.3 Å². The van der Waals surface area contributed by atoms with Gasteiger partial charge >= 0.3 is 5.63 Å². The molecule has 7 heteroatoms. The molecule has 1 atom stereocenters. The van der Waals surface area contributed by atoms with Crippen LogP contribution in [0.5, 0.6) is 17.2 Å². The van der Waals surface area contributed by atoms with Crippen LogP contribution in [0.15, 0.2) is 57.7 Å². The number of anilines is 1. The number of rotatable bonds is 6. The van der Waals surface area contributed by atoms with Gasteiger partial charge in [-0.25, -0.2) is 4.79 Å². The van der Waals surface area contributed by atoms with Crippen molar-refractivity contribution in [2.45, 2.75) is 13.0 Å². The minimum absolute atomic E-state index is 0.336. The van der Waals surface area contributed by atoms with E-state index in [9.17, 15) is 9.59 Å². The van der Waals surface area contributed by atoms with E-state index in [4.69, 9.17) is 18.6 Å². The van der Waals surface area contributed by atoms with E-state index in [0.717, 1.165) is 5.39 Å². The molecule has 1 N–H and O–H groups in total. The zero-order valence-electron chi connectivity index (χ0n) is 15.1. The Morgan fingerprint density at radius 2 is 1.74 bits per heavy atom. The van der Waals surface area contributed by atoms with Gasteiger partial charge in [0.25, 0.3) is 5.91 Å². The van der Waals surface area contributed by atoms with E-state index >= 15 is 0 Å². The molecule has 0 aliphatic heterocycles. The molecule has 1 amide bonds. The molecule has 1 unspecified atom stereocenters. The largest absolute Gasteiger partial charge is 0.493 e. The molecule has 1 aromatic heterocycles. The highest BCUT2D eigenvalue weighted by Gasteiger charge is 2.16. The Bertz CT molecular complexity index is 1030. The third-order valence-electron chi connectivity index (χ3n) is 3.93. The summed E-state index contributed by atoms with van der Waals surface area (Å²) in [7, 11) is 3.06. The maximum atomic E-state index is 12.4. The van der Waals surface area contributed by atoms with Gasteiger partial charge in [-0.3, -0.25) is 4.79 Å². The van der Waals surface area contributed by atoms with Gasteiger partial charge in [-0.15, -0.1) is 0 Å². The molecule has 0 aliphatic carbocycles. The number of carbonyl (C=O) groups is 1. The number of amides is 1. The summed E-state index contributed by atoms with van der Waals surface area (Å²) in [4.78, 5) is 23.7. The maximum Gasteiger partial charge on any atom is 0.336 e. The van der Waals surface area contributed by atoms with Crippen molar-refractivity contribution in [3.63, 3.8) is 0 Å². The van der Waals surface area contributed by atoms with E-state index in [1.807, 2.05) is 0 Å². The van der Waals surface area contributed by atoms with E-state index in [1.165, 1.54) is 20.3 Å². The van der Waals surface area contributed by atoms with E-state index in [2.05, 4.69) is 5.32 Å². The van der Waals surface area contributed by atoms with E-state index < -0.39 is 11.7 Å². The monoisotopic (exact) mass is 369 g/mol. The summed E-state index contributed by atoms with van der Waals surface area (Å²) in [5.74, 6) is 1.16. The van der Waals surface area contributed by atoms with Gasteiger partial charge in [0.2, 0.25) is 0 Å². The lowest BCUT2D eigenvalue weighted by Gasteiger charge is -2.16. The van der Waals surface area contributed by atoms with Gasteiger partial charge in [-0.05, 0) is 37.3 Å². The quantitative estimate of drug-likeness (QED) is 0.672. The molecule has 0 aliphatic rings. The number of methoxy groups -OCH3 is 2. The minimum Gasteiger partial charge on any atom is -0.493 e. The SMILES string of the molecule is COc1ccc(NC(=O)C(C)Oc2ccc3ccc(=O)oc3c2)cc1OC. The predicted molar refractivity (Wildman–Crippen MR) is 101 cm³/mol. The average Bonchev–Trinajstić information content (AvgIpc) is 2.67. The van der Waals surface area contributed by atoms with Crippen LogP contribution in [-0.2, 0) is 4.79 Å². The van der Waals surface area contributed by atoms with Crippen LogP contribution >= 0.6 is 0 Å². The van der Waals surface area contributed by atoms with Gasteiger partial charge in [0.05, 0.1) is 14.2 Å². The lowest BCUT2D eigenvalue weighted by Crippen LogP contribution is -2.30. The summed E-state index contributed by atoms with van der Waals surface area (Å²) in [6, 6.07) is 13.1. The van der Waals surface area contributed by atoms with Crippen molar-refractivity contribution < 1.29 is 23.4 Å². The second-order valence-corrected chi connectivity index (χ2v) is 5.77. The molecule has 3 rings (SSSR count). The Labute approximate surface area is 155 Å². The van der Waals surface area contributed by atoms with Crippen LogP contribution in [0.4, 0.5) is 5.69 Å². The first-order chi connectivity index (χ1) is 13.0. The van der Waals surface area contributed by atoms with Crippen LogP contribution in [0.1, 0.15) is 6.92 Å². The maximum absolute atomic E-state index is 12.4. The van der Waals surface area contributed by atoms with Crippen LogP contribution < -0.4 is 25.2 Å². The highest BCUT2D eigenvalue weighted by atomic mass is 16.5. The van der Waals surface area contributed by atoms with E-state index in [0.29, 0.717) is 28.5 Å². The first-order valence-electron chi connectivity index (χ1n) is 8.23. The molecular formula is C20H19NO6. The van der Waals surface area contributed by atoms with Crippen molar-refractivity contribution in [3.05, 3.63) is 59.0 Å². The van der Waals surface area contributed by atoms with Crippen molar-refractivity contribution in [3.8, 4) is 17.2 Å². The van der Waals surface area contributed by atoms with Crippen LogP contribution in [0.2, 0.25) is 0 Å². The molecule has 0 bridgehead atoms. The first kappa shape index (κ1) is 18.3. The molecule has 0 radical (unpaired) electrons. The molecule has 140 valence electrons. The Morgan fingerprint density at radius 1 is 1.00 bits per heavy atom. The van der Waals surface area contributed by atoms with Crippen LogP contribution in [0.25, 0.3) is 11.0 Å². The third kappa shape index (κ3) is 4.20. The molecule has 27 heavy (non-hydrogen) atoms. The zero-order valence-corrected chi connectivity index (χ0v) is 15.1. The molecule has 1 heterocycles. The topological polar surface area (TPSA) is 87.0 Å². The molecule has 0 saturated carbocycles. The summed E-state index contributed by atoms with van der Waals surface area (Å²) in [6.07, 6.45) is -0.772. The minimum atomic E-state index is -0.772. The Balaban J connectivity index is 1.71. The lowest BCUT2D eigenvalue weighted by atomic mass is 10.2. The van der Waals surface area contributed by atoms with Gasteiger partial charge in [-0.2, -0.15) is 0 Å². The van der Waals surface area contributed by atoms with Crippen LogP contribution in [0.3, 0.4) is 0 Å². The first-order valence-corrected chi connectivity index (χ1v) is 8.23. The fraction of sp³-hybridized carbons (Fsp3) is 0.200. The fourth-order valence-electron chi connectivity index (χ4n) is 2.53. The van der Waals surface area contributed by atoms with Crippen molar-refractivity contribution in [1.82, 2.24) is 0 Å². The molecule has 7 nitrogen and oxygen atoms in total. The van der Waals surface area contributed by atoms with Crippen molar-refractivity contribution in [2.75, 3.05) is 19.5 Å². The Kier molecular flexibility index (Phi) is 5.30. The number of carbonyl (C=O) groups excluding carboxylic acids is 1. The van der Waals surface area contributed by atoms with Crippen molar-refractivity contribution in [1.29, 1.82) is 0 Å². The number of hydrogen-bond donors (Lipinski definition) is 1. The number of nitrogens with one attached hydrogen (secondary N) is 1. The lowest BCUT2D eigenvalue weighted by molar-refractivity contribution is -0.122. The summed E-state index contributed by atoms with van der Waals surface area (Å²) in [5, 5.41) is 3.53. The number of hydrogen-bond acceptors (Lipinski definition) is 6. The molecule has 2 aromatic carbocycles. The highest BCUT2D eigenvalue weighted by Crippen LogP contribution is 2.30.